The molecule has 0 bridgehead atoms. The van der Waals surface area contributed by atoms with Crippen LogP contribution in [0.25, 0.3) is 39.4 Å². The molecule has 0 spiro atoms. The summed E-state index contributed by atoms with van der Waals surface area (Å²) < 4.78 is 18.1. The molecule has 2 N–H and O–H groups in total. The van der Waals surface area contributed by atoms with Gasteiger partial charge in [-0.2, -0.15) is 0 Å². The summed E-state index contributed by atoms with van der Waals surface area (Å²) in [6.45, 7) is 7.45. The minimum Gasteiger partial charge on any atom is -0.478 e. The van der Waals surface area contributed by atoms with Gasteiger partial charge in [-0.1, -0.05) is 25.3 Å². The van der Waals surface area contributed by atoms with Gasteiger partial charge in [-0.05, 0) is 100 Å². The van der Waals surface area contributed by atoms with Gasteiger partial charge in [0.25, 0.3) is 5.91 Å². The molecular weight excluding hydrogens is 569 g/mol. The zero-order valence-corrected chi connectivity index (χ0v) is 26.3. The molecular formula is C36H38FN5O3. The molecule has 0 atom stereocenters. The molecule has 45 heavy (non-hydrogen) atoms. The maximum Gasteiger partial charge on any atom is 0.331 e. The number of aliphatic carboxylic acids is 1. The Bertz CT molecular complexity index is 1980. The number of amides is 1. The highest BCUT2D eigenvalue weighted by Gasteiger charge is 2.30. The number of rotatable bonds is 7. The van der Waals surface area contributed by atoms with E-state index in [4.69, 9.17) is 4.98 Å². The minimum atomic E-state index is -0.966. The molecule has 3 aromatic heterocycles. The van der Waals surface area contributed by atoms with Crippen LogP contribution in [0, 0.1) is 12.7 Å². The molecule has 0 unspecified atom stereocenters. The van der Waals surface area contributed by atoms with Crippen molar-refractivity contribution >= 4 is 39.9 Å². The van der Waals surface area contributed by atoms with Gasteiger partial charge in [0.2, 0.25) is 0 Å². The molecule has 8 nitrogen and oxygen atoms in total. The number of hydrogen-bond acceptors (Lipinski definition) is 4. The molecule has 1 amide bonds. The third-order valence-corrected chi connectivity index (χ3v) is 9.04. The third kappa shape index (κ3) is 5.63. The Hall–Kier alpha value is -4.79. The van der Waals surface area contributed by atoms with Crippen molar-refractivity contribution in [2.45, 2.75) is 71.4 Å². The Morgan fingerprint density at radius 3 is 2.49 bits per heavy atom. The number of aryl methyl sites for hydroxylation is 2. The topological polar surface area (TPSA) is 102 Å². The van der Waals surface area contributed by atoms with Gasteiger partial charge in [0.1, 0.15) is 11.6 Å². The summed E-state index contributed by atoms with van der Waals surface area (Å²) in [5, 5.41) is 13.4. The lowest BCUT2D eigenvalue weighted by Crippen LogP contribution is -2.42. The first-order valence-corrected chi connectivity index (χ1v) is 15.4. The standard InChI is InChI=1S/C36H38FN5O3/c1-21(34(44)45)17-23-11-14-28-31(18-23)41(5)35(39-28)36(3,4)40-33(43)24-12-16-30-27(19-24)22(2)32(29-15-13-25(37)20-38-29)42(30)26-9-7-6-8-10-26/h11-20,26H,6-10H2,1-5H3,(H,40,43)(H,44,45)/b21-17+. The number of halogens is 1. The maximum absolute atomic E-state index is 13.8. The number of benzene rings is 2. The van der Waals surface area contributed by atoms with E-state index < -0.39 is 11.5 Å². The number of pyridine rings is 1. The number of carboxylic acids is 1. The smallest absolute Gasteiger partial charge is 0.331 e. The highest BCUT2D eigenvalue weighted by atomic mass is 19.1. The molecule has 0 saturated heterocycles. The average molecular weight is 608 g/mol. The summed E-state index contributed by atoms with van der Waals surface area (Å²) in [7, 11) is 1.89. The van der Waals surface area contributed by atoms with Crippen molar-refractivity contribution in [3.63, 3.8) is 0 Å². The molecule has 1 fully saturated rings. The van der Waals surface area contributed by atoms with Crippen LogP contribution in [0.5, 0.6) is 0 Å². The Balaban J connectivity index is 1.35. The number of nitrogens with one attached hydrogen (secondary N) is 1. The first kappa shape index (κ1) is 30.2. The van der Waals surface area contributed by atoms with Crippen LogP contribution in [0.3, 0.4) is 0 Å². The van der Waals surface area contributed by atoms with E-state index in [9.17, 15) is 19.1 Å². The summed E-state index contributed by atoms with van der Waals surface area (Å²) in [5.74, 6) is -0.885. The molecule has 9 heteroatoms. The lowest BCUT2D eigenvalue weighted by molar-refractivity contribution is -0.132. The number of aromatic nitrogens is 4. The Morgan fingerprint density at radius 1 is 1.04 bits per heavy atom. The van der Waals surface area contributed by atoms with E-state index in [1.54, 1.807) is 19.1 Å². The van der Waals surface area contributed by atoms with Crippen molar-refractivity contribution < 1.29 is 19.1 Å². The second kappa shape index (κ2) is 11.6. The Labute approximate surface area is 261 Å². The number of carbonyl (C=O) groups excluding carboxylic acids is 1. The zero-order chi connectivity index (χ0) is 32.0. The SMILES string of the molecule is C/C(=C\c1ccc2nc(C(C)(C)NC(=O)c3ccc4c(c3)c(C)c(-c3ccc(F)cn3)n4C3CCCCC3)n(C)c2c1)C(=O)O. The molecule has 2 aromatic carbocycles. The van der Waals surface area contributed by atoms with Gasteiger partial charge >= 0.3 is 5.97 Å². The minimum absolute atomic E-state index is 0.221. The van der Waals surface area contributed by atoms with Crippen molar-refractivity contribution in [1.29, 1.82) is 0 Å². The van der Waals surface area contributed by atoms with E-state index >= 15 is 0 Å². The van der Waals surface area contributed by atoms with Crippen molar-refractivity contribution in [2.24, 2.45) is 7.05 Å². The molecule has 0 aliphatic heterocycles. The molecule has 1 aliphatic carbocycles. The van der Waals surface area contributed by atoms with Gasteiger partial charge in [-0.15, -0.1) is 0 Å². The third-order valence-electron chi connectivity index (χ3n) is 9.04. The Kier molecular flexibility index (Phi) is 7.81. The second-order valence-corrected chi connectivity index (χ2v) is 12.7. The molecule has 1 aliphatic rings. The number of carboxylic acid groups (broad SMARTS) is 1. The largest absolute Gasteiger partial charge is 0.478 e. The quantitative estimate of drug-likeness (QED) is 0.185. The lowest BCUT2D eigenvalue weighted by atomic mass is 9.95. The predicted octanol–water partition coefficient (Wildman–Crippen LogP) is 7.70. The van der Waals surface area contributed by atoms with Gasteiger partial charge in [-0.25, -0.2) is 14.2 Å². The van der Waals surface area contributed by atoms with E-state index in [0.717, 1.165) is 70.1 Å². The number of carbonyl (C=O) groups is 2. The lowest BCUT2D eigenvalue weighted by Gasteiger charge is -2.27. The van der Waals surface area contributed by atoms with Crippen LogP contribution < -0.4 is 5.32 Å². The van der Waals surface area contributed by atoms with Crippen molar-refractivity contribution in [3.8, 4) is 11.4 Å². The highest BCUT2D eigenvalue weighted by molar-refractivity contribution is 6.01. The van der Waals surface area contributed by atoms with E-state index in [-0.39, 0.29) is 17.3 Å². The highest BCUT2D eigenvalue weighted by Crippen LogP contribution is 2.40. The van der Waals surface area contributed by atoms with Gasteiger partial charge < -0.3 is 19.6 Å². The predicted molar refractivity (Wildman–Crippen MR) is 174 cm³/mol. The number of hydrogen-bond donors (Lipinski definition) is 2. The maximum atomic E-state index is 13.8. The van der Waals surface area contributed by atoms with Crippen LogP contribution in [0.1, 0.15) is 86.2 Å². The fourth-order valence-electron chi connectivity index (χ4n) is 6.75. The summed E-state index contributed by atoms with van der Waals surface area (Å²) in [6.07, 6.45) is 8.58. The summed E-state index contributed by atoms with van der Waals surface area (Å²) in [5.41, 5.74) is 6.07. The van der Waals surface area contributed by atoms with Crippen molar-refractivity contribution in [1.82, 2.24) is 24.4 Å². The number of imidazole rings is 1. The van der Waals surface area contributed by atoms with Gasteiger partial charge in [0, 0.05) is 35.1 Å². The fraction of sp³-hybridized carbons (Fsp3) is 0.333. The second-order valence-electron chi connectivity index (χ2n) is 12.7. The molecule has 3 heterocycles. The van der Waals surface area contributed by atoms with Gasteiger partial charge in [0.15, 0.2) is 0 Å². The van der Waals surface area contributed by atoms with Crippen LogP contribution in [-0.2, 0) is 17.4 Å². The van der Waals surface area contributed by atoms with Gasteiger partial charge in [-0.3, -0.25) is 9.78 Å². The van der Waals surface area contributed by atoms with Crippen LogP contribution in [-0.4, -0.2) is 36.1 Å². The summed E-state index contributed by atoms with van der Waals surface area (Å²) in [6, 6.07) is 14.9. The normalized spacial score (nSPS) is 14.8. The van der Waals surface area contributed by atoms with E-state index in [1.165, 1.54) is 18.7 Å². The van der Waals surface area contributed by atoms with E-state index in [1.807, 2.05) is 61.9 Å². The number of fused-ring (bicyclic) bond motifs is 2. The molecule has 232 valence electrons. The first-order chi connectivity index (χ1) is 21.4. The van der Waals surface area contributed by atoms with Crippen molar-refractivity contribution in [2.75, 3.05) is 0 Å². The average Bonchev–Trinajstić information content (AvgIpc) is 3.51. The van der Waals surface area contributed by atoms with E-state index in [0.29, 0.717) is 17.4 Å². The summed E-state index contributed by atoms with van der Waals surface area (Å²) >= 11 is 0. The zero-order valence-electron chi connectivity index (χ0n) is 26.3. The van der Waals surface area contributed by atoms with E-state index in [2.05, 4.69) is 21.8 Å². The molecule has 5 aromatic rings. The monoisotopic (exact) mass is 607 g/mol. The first-order valence-electron chi connectivity index (χ1n) is 15.4. The number of nitrogens with zero attached hydrogens (tertiary/aromatic N) is 4. The molecule has 1 saturated carbocycles. The summed E-state index contributed by atoms with van der Waals surface area (Å²) in [4.78, 5) is 34.4. The van der Waals surface area contributed by atoms with Crippen LogP contribution in [0.15, 0.2) is 60.3 Å². The fourth-order valence-corrected chi connectivity index (χ4v) is 6.75. The van der Waals surface area contributed by atoms with Crippen LogP contribution >= 0.6 is 0 Å². The molecule has 6 rings (SSSR count). The molecule has 0 radical (unpaired) electrons. The van der Waals surface area contributed by atoms with Gasteiger partial charge in [0.05, 0.1) is 34.2 Å². The van der Waals surface area contributed by atoms with Crippen LogP contribution in [0.2, 0.25) is 0 Å². The van der Waals surface area contributed by atoms with Crippen molar-refractivity contribution in [3.05, 3.63) is 88.6 Å². The van der Waals surface area contributed by atoms with Crippen LogP contribution in [0.4, 0.5) is 4.39 Å². The Morgan fingerprint density at radius 2 is 1.80 bits per heavy atom.